The number of carbonyl (C=O) groups is 1. The Balaban J connectivity index is 2.08. The molecule has 0 atom stereocenters. The Kier molecular flexibility index (Phi) is 9.19. The number of methoxy groups -OCH3 is 1. The maximum Gasteiger partial charge on any atom is 0.307 e. The van der Waals surface area contributed by atoms with Gasteiger partial charge in [0.05, 0.1) is 39.5 Å². The van der Waals surface area contributed by atoms with E-state index >= 15 is 0 Å². The standard InChI is InChI=1S/C15H22O6/c1-18-5-6-19-7-8-20-9-10-21-14-4-2-3-13(11-14)12-15(16)17/h2-4,11H,5-10,12H2,1H3,(H,16,17). The Bertz CT molecular complexity index is 407. The zero-order valence-corrected chi connectivity index (χ0v) is 12.2. The van der Waals surface area contributed by atoms with Crippen LogP contribution in [0, 0.1) is 0 Å². The van der Waals surface area contributed by atoms with Gasteiger partial charge in [0, 0.05) is 7.11 Å². The molecule has 1 N–H and O–H groups in total. The zero-order chi connectivity index (χ0) is 15.3. The molecule has 0 unspecified atom stereocenters. The van der Waals surface area contributed by atoms with Crippen molar-refractivity contribution in [1.29, 1.82) is 0 Å². The minimum atomic E-state index is -0.857. The zero-order valence-electron chi connectivity index (χ0n) is 12.2. The van der Waals surface area contributed by atoms with Gasteiger partial charge in [-0.25, -0.2) is 0 Å². The van der Waals surface area contributed by atoms with Crippen molar-refractivity contribution in [2.45, 2.75) is 6.42 Å². The van der Waals surface area contributed by atoms with E-state index in [-0.39, 0.29) is 6.42 Å². The summed E-state index contributed by atoms with van der Waals surface area (Å²) in [6.45, 7) is 3.04. The highest BCUT2D eigenvalue weighted by molar-refractivity contribution is 5.70. The fourth-order valence-electron chi connectivity index (χ4n) is 1.60. The van der Waals surface area contributed by atoms with Crippen molar-refractivity contribution >= 4 is 5.97 Å². The van der Waals surface area contributed by atoms with Crippen molar-refractivity contribution in [1.82, 2.24) is 0 Å². The number of benzene rings is 1. The van der Waals surface area contributed by atoms with Crippen LogP contribution in [-0.4, -0.2) is 57.8 Å². The van der Waals surface area contributed by atoms with Crippen molar-refractivity contribution in [3.8, 4) is 5.75 Å². The molecule has 0 aliphatic rings. The van der Waals surface area contributed by atoms with Crippen LogP contribution in [0.25, 0.3) is 0 Å². The van der Waals surface area contributed by atoms with Crippen molar-refractivity contribution in [2.75, 3.05) is 46.8 Å². The third-order valence-electron chi connectivity index (χ3n) is 2.55. The normalized spacial score (nSPS) is 10.5. The number of ether oxygens (including phenoxy) is 4. The van der Waals surface area contributed by atoms with Gasteiger partial charge in [0.15, 0.2) is 0 Å². The van der Waals surface area contributed by atoms with Gasteiger partial charge in [0.2, 0.25) is 0 Å². The summed E-state index contributed by atoms with van der Waals surface area (Å²) >= 11 is 0. The Hall–Kier alpha value is -1.63. The predicted octanol–water partition coefficient (Wildman–Crippen LogP) is 1.37. The molecule has 0 aliphatic heterocycles. The van der Waals surface area contributed by atoms with Crippen LogP contribution in [0.1, 0.15) is 5.56 Å². The van der Waals surface area contributed by atoms with E-state index in [0.29, 0.717) is 51.0 Å². The van der Waals surface area contributed by atoms with Gasteiger partial charge in [-0.1, -0.05) is 12.1 Å². The molecule has 1 aromatic rings. The molecule has 0 bridgehead atoms. The summed E-state index contributed by atoms with van der Waals surface area (Å²) in [7, 11) is 1.63. The van der Waals surface area contributed by atoms with Gasteiger partial charge in [0.1, 0.15) is 12.4 Å². The molecule has 0 saturated heterocycles. The van der Waals surface area contributed by atoms with Crippen LogP contribution in [0.3, 0.4) is 0 Å². The van der Waals surface area contributed by atoms with Crippen LogP contribution in [-0.2, 0) is 25.4 Å². The summed E-state index contributed by atoms with van der Waals surface area (Å²) in [6.07, 6.45) is -0.00743. The fourth-order valence-corrected chi connectivity index (χ4v) is 1.60. The summed E-state index contributed by atoms with van der Waals surface area (Å²) in [4.78, 5) is 10.6. The summed E-state index contributed by atoms with van der Waals surface area (Å²) in [5.41, 5.74) is 0.715. The molecule has 0 spiro atoms. The lowest BCUT2D eigenvalue weighted by Crippen LogP contribution is -2.12. The average Bonchev–Trinajstić information content (AvgIpc) is 2.45. The molecule has 0 aromatic heterocycles. The largest absolute Gasteiger partial charge is 0.491 e. The van der Waals surface area contributed by atoms with E-state index in [4.69, 9.17) is 24.1 Å². The predicted molar refractivity (Wildman–Crippen MR) is 76.8 cm³/mol. The average molecular weight is 298 g/mol. The molecular weight excluding hydrogens is 276 g/mol. The van der Waals surface area contributed by atoms with E-state index in [9.17, 15) is 4.79 Å². The number of hydrogen-bond donors (Lipinski definition) is 1. The molecule has 0 heterocycles. The van der Waals surface area contributed by atoms with E-state index in [1.807, 2.05) is 0 Å². The molecule has 0 amide bonds. The maximum atomic E-state index is 10.6. The minimum Gasteiger partial charge on any atom is -0.491 e. The van der Waals surface area contributed by atoms with Crippen molar-refractivity contribution in [2.24, 2.45) is 0 Å². The monoisotopic (exact) mass is 298 g/mol. The lowest BCUT2D eigenvalue weighted by Gasteiger charge is -2.08. The first-order chi connectivity index (χ1) is 10.2. The molecule has 0 saturated carbocycles. The highest BCUT2D eigenvalue weighted by atomic mass is 16.6. The number of carboxylic acids is 1. The second kappa shape index (κ2) is 11.1. The van der Waals surface area contributed by atoms with Crippen molar-refractivity contribution in [3.63, 3.8) is 0 Å². The van der Waals surface area contributed by atoms with Crippen LogP contribution in [0.15, 0.2) is 24.3 Å². The first-order valence-corrected chi connectivity index (χ1v) is 6.80. The third kappa shape index (κ3) is 9.01. The molecular formula is C15H22O6. The van der Waals surface area contributed by atoms with Crippen molar-refractivity contribution < 1.29 is 28.8 Å². The van der Waals surface area contributed by atoms with Gasteiger partial charge in [-0.15, -0.1) is 0 Å². The van der Waals surface area contributed by atoms with Gasteiger partial charge < -0.3 is 24.1 Å². The van der Waals surface area contributed by atoms with Gasteiger partial charge in [-0.2, -0.15) is 0 Å². The lowest BCUT2D eigenvalue weighted by molar-refractivity contribution is -0.136. The Morgan fingerprint density at radius 1 is 1.05 bits per heavy atom. The van der Waals surface area contributed by atoms with E-state index in [2.05, 4.69) is 0 Å². The summed E-state index contributed by atoms with van der Waals surface area (Å²) < 4.78 is 20.9. The van der Waals surface area contributed by atoms with Gasteiger partial charge in [0.25, 0.3) is 0 Å². The first-order valence-electron chi connectivity index (χ1n) is 6.80. The van der Waals surface area contributed by atoms with E-state index < -0.39 is 5.97 Å². The van der Waals surface area contributed by atoms with E-state index in [0.717, 1.165) is 0 Å². The number of carboxylic acid groups (broad SMARTS) is 1. The van der Waals surface area contributed by atoms with Gasteiger partial charge in [-0.3, -0.25) is 4.79 Å². The van der Waals surface area contributed by atoms with E-state index in [1.165, 1.54) is 0 Å². The van der Waals surface area contributed by atoms with E-state index in [1.54, 1.807) is 31.4 Å². The molecule has 6 nitrogen and oxygen atoms in total. The summed E-state index contributed by atoms with van der Waals surface area (Å²) in [5, 5.41) is 8.73. The van der Waals surface area contributed by atoms with Gasteiger partial charge in [-0.05, 0) is 17.7 Å². The van der Waals surface area contributed by atoms with Crippen LogP contribution in [0.4, 0.5) is 0 Å². The highest BCUT2D eigenvalue weighted by Gasteiger charge is 2.02. The summed E-state index contributed by atoms with van der Waals surface area (Å²) in [6, 6.07) is 7.05. The molecule has 1 aromatic carbocycles. The molecule has 118 valence electrons. The molecule has 0 fully saturated rings. The quantitative estimate of drug-likeness (QED) is 0.588. The van der Waals surface area contributed by atoms with Crippen molar-refractivity contribution in [3.05, 3.63) is 29.8 Å². The molecule has 0 radical (unpaired) electrons. The highest BCUT2D eigenvalue weighted by Crippen LogP contribution is 2.13. The molecule has 0 aliphatic carbocycles. The van der Waals surface area contributed by atoms with Crippen LogP contribution < -0.4 is 4.74 Å². The van der Waals surface area contributed by atoms with Crippen LogP contribution in [0.2, 0.25) is 0 Å². The van der Waals surface area contributed by atoms with Gasteiger partial charge >= 0.3 is 5.97 Å². The topological polar surface area (TPSA) is 74.2 Å². The third-order valence-corrected chi connectivity index (χ3v) is 2.55. The minimum absolute atomic E-state index is 0.00743. The Morgan fingerprint density at radius 2 is 1.71 bits per heavy atom. The summed E-state index contributed by atoms with van der Waals surface area (Å²) in [5.74, 6) is -0.211. The fraction of sp³-hybridized carbons (Fsp3) is 0.533. The molecule has 1 rings (SSSR count). The number of rotatable bonds is 12. The van der Waals surface area contributed by atoms with Crippen LogP contribution in [0.5, 0.6) is 5.75 Å². The Labute approximate surface area is 124 Å². The number of aliphatic carboxylic acids is 1. The first kappa shape index (κ1) is 17.4. The Morgan fingerprint density at radius 3 is 2.38 bits per heavy atom. The lowest BCUT2D eigenvalue weighted by atomic mass is 10.1. The molecule has 21 heavy (non-hydrogen) atoms. The smallest absolute Gasteiger partial charge is 0.307 e. The maximum absolute atomic E-state index is 10.6. The second-order valence-electron chi connectivity index (χ2n) is 4.28. The van der Waals surface area contributed by atoms with Crippen LogP contribution >= 0.6 is 0 Å². The number of hydrogen-bond acceptors (Lipinski definition) is 5. The SMILES string of the molecule is COCCOCCOCCOc1cccc(CC(=O)O)c1. The second-order valence-corrected chi connectivity index (χ2v) is 4.28. The molecule has 6 heteroatoms.